The summed E-state index contributed by atoms with van der Waals surface area (Å²) in [5.74, 6) is -0.220. The number of rotatable bonds is 6. The highest BCUT2D eigenvalue weighted by molar-refractivity contribution is 8.13. The van der Waals surface area contributed by atoms with Gasteiger partial charge in [-0.3, -0.25) is 4.79 Å². The Morgan fingerprint density at radius 2 is 1.89 bits per heavy atom. The van der Waals surface area contributed by atoms with Gasteiger partial charge in [-0.05, 0) is 31.5 Å². The molecule has 1 amide bonds. The van der Waals surface area contributed by atoms with Crippen LogP contribution in [0.1, 0.15) is 19.4 Å². The molecule has 0 unspecified atom stereocenters. The zero-order chi connectivity index (χ0) is 14.5. The van der Waals surface area contributed by atoms with Crippen molar-refractivity contribution in [3.63, 3.8) is 0 Å². The van der Waals surface area contributed by atoms with Crippen molar-refractivity contribution in [2.45, 2.75) is 31.4 Å². The number of hydrogen-bond donors (Lipinski definition) is 1. The number of nitrogens with one attached hydrogen (secondary N) is 1. The zero-order valence-electron chi connectivity index (χ0n) is 10.7. The normalized spacial score (nSPS) is 11.6. The number of benzene rings is 1. The van der Waals surface area contributed by atoms with E-state index in [4.69, 9.17) is 15.4 Å². The van der Waals surface area contributed by atoms with Crippen molar-refractivity contribution in [2.75, 3.05) is 6.61 Å². The molecule has 1 aromatic rings. The van der Waals surface area contributed by atoms with Crippen LogP contribution in [0, 0.1) is 0 Å². The van der Waals surface area contributed by atoms with Gasteiger partial charge in [0.05, 0.1) is 11.0 Å². The SMILES string of the molecule is CC(C)OCC(=O)NCc1ccc(S(=O)(=O)Cl)cc1. The first-order valence-corrected chi connectivity index (χ1v) is 8.02. The molecule has 5 nitrogen and oxygen atoms in total. The monoisotopic (exact) mass is 305 g/mol. The Bertz CT molecular complexity index is 525. The minimum atomic E-state index is -3.70. The van der Waals surface area contributed by atoms with Gasteiger partial charge in [-0.25, -0.2) is 8.42 Å². The summed E-state index contributed by atoms with van der Waals surface area (Å²) >= 11 is 0. The smallest absolute Gasteiger partial charge is 0.261 e. The van der Waals surface area contributed by atoms with Gasteiger partial charge in [-0.1, -0.05) is 12.1 Å². The van der Waals surface area contributed by atoms with Crippen LogP contribution < -0.4 is 5.32 Å². The van der Waals surface area contributed by atoms with Crippen LogP contribution in [0.2, 0.25) is 0 Å². The summed E-state index contributed by atoms with van der Waals surface area (Å²) in [6, 6.07) is 5.99. The van der Waals surface area contributed by atoms with E-state index in [0.29, 0.717) is 6.54 Å². The van der Waals surface area contributed by atoms with Crippen LogP contribution in [0.15, 0.2) is 29.2 Å². The fraction of sp³-hybridized carbons (Fsp3) is 0.417. The summed E-state index contributed by atoms with van der Waals surface area (Å²) in [5.41, 5.74) is 0.780. The van der Waals surface area contributed by atoms with Crippen LogP contribution in [0.3, 0.4) is 0 Å². The Labute approximate surface area is 117 Å². The molecule has 0 aliphatic heterocycles. The number of amides is 1. The molecule has 1 rings (SSSR count). The third kappa shape index (κ3) is 6.04. The van der Waals surface area contributed by atoms with Gasteiger partial charge in [0, 0.05) is 17.2 Å². The summed E-state index contributed by atoms with van der Waals surface area (Å²) in [4.78, 5) is 11.4. The van der Waals surface area contributed by atoms with E-state index < -0.39 is 9.05 Å². The third-order valence-corrected chi connectivity index (χ3v) is 3.61. The molecule has 0 atom stereocenters. The van der Waals surface area contributed by atoms with E-state index in [1.807, 2.05) is 13.8 Å². The second-order valence-corrected chi connectivity index (χ2v) is 6.78. The molecular formula is C12H16ClNO4S. The van der Waals surface area contributed by atoms with Gasteiger partial charge in [0.25, 0.3) is 9.05 Å². The Kier molecular flexibility index (Phi) is 5.78. The van der Waals surface area contributed by atoms with Crippen LogP contribution in [-0.2, 0) is 25.1 Å². The van der Waals surface area contributed by atoms with Crippen molar-refractivity contribution in [2.24, 2.45) is 0 Å². The summed E-state index contributed by atoms with van der Waals surface area (Å²) < 4.78 is 27.2. The van der Waals surface area contributed by atoms with E-state index in [-0.39, 0.29) is 23.5 Å². The molecule has 0 aromatic heterocycles. The molecule has 0 heterocycles. The quantitative estimate of drug-likeness (QED) is 0.811. The number of halogens is 1. The van der Waals surface area contributed by atoms with Crippen LogP contribution in [0.5, 0.6) is 0 Å². The van der Waals surface area contributed by atoms with Crippen molar-refractivity contribution >= 4 is 25.6 Å². The number of carbonyl (C=O) groups is 1. The Morgan fingerprint density at radius 1 is 1.32 bits per heavy atom. The molecule has 1 aromatic carbocycles. The minimum absolute atomic E-state index is 0.000962. The first-order chi connectivity index (χ1) is 8.79. The molecule has 1 N–H and O–H groups in total. The van der Waals surface area contributed by atoms with E-state index in [1.165, 1.54) is 12.1 Å². The molecule has 0 aliphatic carbocycles. The molecule has 0 spiro atoms. The molecule has 19 heavy (non-hydrogen) atoms. The van der Waals surface area contributed by atoms with Crippen LogP contribution in [0.4, 0.5) is 0 Å². The molecule has 7 heteroatoms. The van der Waals surface area contributed by atoms with Crippen molar-refractivity contribution < 1.29 is 17.9 Å². The Hall–Kier alpha value is -1.11. The average Bonchev–Trinajstić information content (AvgIpc) is 2.33. The first kappa shape index (κ1) is 15.9. The summed E-state index contributed by atoms with van der Waals surface area (Å²) in [7, 11) is 1.49. The Morgan fingerprint density at radius 3 is 2.37 bits per heavy atom. The van der Waals surface area contributed by atoms with Crippen LogP contribution >= 0.6 is 10.7 Å². The van der Waals surface area contributed by atoms with E-state index in [1.54, 1.807) is 12.1 Å². The molecule has 106 valence electrons. The molecule has 0 aliphatic rings. The number of ether oxygens (including phenoxy) is 1. The van der Waals surface area contributed by atoms with Gasteiger partial charge in [0.2, 0.25) is 5.91 Å². The van der Waals surface area contributed by atoms with E-state index in [0.717, 1.165) is 5.56 Å². The fourth-order valence-electron chi connectivity index (χ4n) is 1.26. The topological polar surface area (TPSA) is 72.5 Å². The maximum Gasteiger partial charge on any atom is 0.261 e. The molecule has 0 saturated heterocycles. The molecule has 0 saturated carbocycles. The predicted octanol–water partition coefficient (Wildman–Crippen LogP) is 1.66. The minimum Gasteiger partial charge on any atom is -0.369 e. The summed E-state index contributed by atoms with van der Waals surface area (Å²) in [6.07, 6.45) is -0.000962. The standard InChI is InChI=1S/C12H16ClNO4S/c1-9(2)18-8-12(15)14-7-10-3-5-11(6-4-10)19(13,16)17/h3-6,9H,7-8H2,1-2H3,(H,14,15). The lowest BCUT2D eigenvalue weighted by atomic mass is 10.2. The molecule has 0 fully saturated rings. The number of carbonyl (C=O) groups excluding carboxylic acids is 1. The number of hydrogen-bond acceptors (Lipinski definition) is 4. The van der Waals surface area contributed by atoms with Crippen LogP contribution in [0.25, 0.3) is 0 Å². The van der Waals surface area contributed by atoms with E-state index in [9.17, 15) is 13.2 Å². The van der Waals surface area contributed by atoms with E-state index in [2.05, 4.69) is 5.32 Å². The van der Waals surface area contributed by atoms with Crippen molar-refractivity contribution in [1.29, 1.82) is 0 Å². The second-order valence-electron chi connectivity index (χ2n) is 4.22. The highest BCUT2D eigenvalue weighted by Crippen LogP contribution is 2.15. The van der Waals surface area contributed by atoms with Crippen molar-refractivity contribution in [3.05, 3.63) is 29.8 Å². The highest BCUT2D eigenvalue weighted by Gasteiger charge is 2.09. The second kappa shape index (κ2) is 6.88. The van der Waals surface area contributed by atoms with Gasteiger partial charge < -0.3 is 10.1 Å². The summed E-state index contributed by atoms with van der Waals surface area (Å²) in [5, 5.41) is 2.67. The largest absolute Gasteiger partial charge is 0.369 e. The van der Waals surface area contributed by atoms with Gasteiger partial charge in [0.1, 0.15) is 6.61 Å². The summed E-state index contributed by atoms with van der Waals surface area (Å²) in [6.45, 7) is 4.01. The Balaban J connectivity index is 2.48. The third-order valence-electron chi connectivity index (χ3n) is 2.24. The van der Waals surface area contributed by atoms with Crippen LogP contribution in [-0.4, -0.2) is 27.0 Å². The van der Waals surface area contributed by atoms with Crippen molar-refractivity contribution in [1.82, 2.24) is 5.32 Å². The zero-order valence-corrected chi connectivity index (χ0v) is 12.3. The first-order valence-electron chi connectivity index (χ1n) is 5.71. The molecular weight excluding hydrogens is 290 g/mol. The highest BCUT2D eigenvalue weighted by atomic mass is 35.7. The predicted molar refractivity (Wildman–Crippen MR) is 72.4 cm³/mol. The lowest BCUT2D eigenvalue weighted by Crippen LogP contribution is -2.28. The fourth-order valence-corrected chi connectivity index (χ4v) is 2.03. The average molecular weight is 306 g/mol. The maximum absolute atomic E-state index is 11.4. The van der Waals surface area contributed by atoms with Gasteiger partial charge >= 0.3 is 0 Å². The van der Waals surface area contributed by atoms with Gasteiger partial charge in [-0.15, -0.1) is 0 Å². The van der Waals surface area contributed by atoms with E-state index >= 15 is 0 Å². The maximum atomic E-state index is 11.4. The molecule has 0 bridgehead atoms. The lowest BCUT2D eigenvalue weighted by molar-refractivity contribution is -0.127. The molecule has 0 radical (unpaired) electrons. The van der Waals surface area contributed by atoms with Gasteiger partial charge in [-0.2, -0.15) is 0 Å². The van der Waals surface area contributed by atoms with Gasteiger partial charge in [0.15, 0.2) is 0 Å². The van der Waals surface area contributed by atoms with Crippen molar-refractivity contribution in [3.8, 4) is 0 Å². The lowest BCUT2D eigenvalue weighted by Gasteiger charge is -2.08.